The average molecular weight is 579 g/mol. The number of aliphatic hydroxyl groups excluding tert-OH is 1. The van der Waals surface area contributed by atoms with E-state index in [1.54, 1.807) is 35.7 Å². The van der Waals surface area contributed by atoms with Crippen molar-refractivity contribution in [3.63, 3.8) is 0 Å². The fourth-order valence-corrected chi connectivity index (χ4v) is 4.77. The van der Waals surface area contributed by atoms with Crippen LogP contribution in [-0.4, -0.2) is 30.8 Å². The number of hydrogen-bond donors (Lipinski definition) is 3. The summed E-state index contributed by atoms with van der Waals surface area (Å²) in [5.74, 6) is -0.730. The summed E-state index contributed by atoms with van der Waals surface area (Å²) in [4.78, 5) is 21.2. The highest BCUT2D eigenvalue weighted by atomic mass is 35.5. The Morgan fingerprint density at radius 1 is 1.08 bits per heavy atom. The smallest absolute Gasteiger partial charge is 0.368 e. The number of thiazole rings is 1. The molecule has 8 nitrogen and oxygen atoms in total. The first-order valence-electron chi connectivity index (χ1n) is 10.8. The number of halogens is 5. The summed E-state index contributed by atoms with van der Waals surface area (Å²) >= 11 is 14.0. The van der Waals surface area contributed by atoms with Crippen molar-refractivity contribution in [3.8, 4) is 5.82 Å². The number of pyridine rings is 1. The summed E-state index contributed by atoms with van der Waals surface area (Å²) in [6.07, 6.45) is -3.80. The van der Waals surface area contributed by atoms with Gasteiger partial charge in [0.1, 0.15) is 0 Å². The van der Waals surface area contributed by atoms with E-state index in [9.17, 15) is 23.1 Å². The van der Waals surface area contributed by atoms with Crippen molar-refractivity contribution >= 4 is 62.0 Å². The highest BCUT2D eigenvalue weighted by Crippen LogP contribution is 2.38. The molecule has 0 fully saturated rings. The van der Waals surface area contributed by atoms with Crippen molar-refractivity contribution in [1.29, 1.82) is 0 Å². The number of benzene rings is 2. The minimum absolute atomic E-state index is 0.00465. The molecule has 0 aliphatic carbocycles. The SMILES string of the molecule is O=C(Nc1nccs1)c1cc2ccccc2c(Cl)c1NC(O)c1cc(C(F)(F)F)nn1-c1ncccc1Cl. The number of amides is 1. The van der Waals surface area contributed by atoms with Gasteiger partial charge >= 0.3 is 6.18 Å². The number of aliphatic hydroxyl groups is 1. The molecule has 5 aromatic rings. The molecule has 0 radical (unpaired) electrons. The summed E-state index contributed by atoms with van der Waals surface area (Å²) in [7, 11) is 0. The van der Waals surface area contributed by atoms with Crippen LogP contribution in [0.15, 0.2) is 66.3 Å². The number of aromatic nitrogens is 4. The molecule has 3 heterocycles. The molecule has 194 valence electrons. The van der Waals surface area contributed by atoms with E-state index in [1.807, 2.05) is 0 Å². The number of anilines is 2. The maximum Gasteiger partial charge on any atom is 0.435 e. The maximum atomic E-state index is 13.6. The number of nitrogens with zero attached hydrogens (tertiary/aromatic N) is 4. The Morgan fingerprint density at radius 2 is 1.87 bits per heavy atom. The third-order valence-electron chi connectivity index (χ3n) is 5.41. The van der Waals surface area contributed by atoms with Gasteiger partial charge in [-0.1, -0.05) is 47.5 Å². The Kier molecular flexibility index (Phi) is 6.97. The van der Waals surface area contributed by atoms with Crippen molar-refractivity contribution in [3.05, 3.63) is 93.3 Å². The monoisotopic (exact) mass is 578 g/mol. The van der Waals surface area contributed by atoms with Gasteiger partial charge in [0.15, 0.2) is 22.9 Å². The lowest BCUT2D eigenvalue weighted by Crippen LogP contribution is -2.20. The predicted octanol–water partition coefficient (Wildman–Crippen LogP) is 6.56. The maximum absolute atomic E-state index is 13.6. The molecule has 1 amide bonds. The highest BCUT2D eigenvalue weighted by Gasteiger charge is 2.37. The Hall–Kier alpha value is -3.71. The summed E-state index contributed by atoms with van der Waals surface area (Å²) in [6, 6.07) is 12.1. The fourth-order valence-electron chi connectivity index (χ4n) is 3.72. The number of nitrogens with one attached hydrogen (secondary N) is 2. The Morgan fingerprint density at radius 3 is 2.58 bits per heavy atom. The van der Waals surface area contributed by atoms with Crippen molar-refractivity contribution in [2.24, 2.45) is 0 Å². The van der Waals surface area contributed by atoms with Gasteiger partial charge in [0, 0.05) is 23.2 Å². The highest BCUT2D eigenvalue weighted by molar-refractivity contribution is 7.13. The zero-order valence-corrected chi connectivity index (χ0v) is 21.2. The van der Waals surface area contributed by atoms with Crippen molar-refractivity contribution in [1.82, 2.24) is 19.7 Å². The largest absolute Gasteiger partial charge is 0.435 e. The minimum atomic E-state index is -4.82. The van der Waals surface area contributed by atoms with Crippen LogP contribution in [0.2, 0.25) is 10.0 Å². The Bertz CT molecular complexity index is 1640. The molecular weight excluding hydrogens is 564 g/mol. The Labute approximate surface area is 226 Å². The minimum Gasteiger partial charge on any atom is -0.368 e. The number of alkyl halides is 3. The number of carbonyl (C=O) groups excluding carboxylic acids is 1. The Balaban J connectivity index is 1.61. The van der Waals surface area contributed by atoms with E-state index in [0.717, 1.165) is 4.68 Å². The lowest BCUT2D eigenvalue weighted by Gasteiger charge is -2.20. The first-order chi connectivity index (χ1) is 18.1. The van der Waals surface area contributed by atoms with Crippen LogP contribution in [0.5, 0.6) is 0 Å². The fraction of sp³-hybridized carbons (Fsp3) is 0.0833. The molecule has 3 aromatic heterocycles. The number of hydrogen-bond acceptors (Lipinski definition) is 7. The topological polar surface area (TPSA) is 105 Å². The molecule has 1 atom stereocenters. The second-order valence-corrected chi connectivity index (χ2v) is 9.53. The molecule has 1 unspecified atom stereocenters. The van der Waals surface area contributed by atoms with Crippen molar-refractivity contribution in [2.75, 3.05) is 10.6 Å². The van der Waals surface area contributed by atoms with Crippen LogP contribution >= 0.6 is 34.5 Å². The van der Waals surface area contributed by atoms with Gasteiger partial charge in [0.25, 0.3) is 5.91 Å². The molecule has 5 rings (SSSR count). The summed E-state index contributed by atoms with van der Waals surface area (Å²) in [5, 5.41) is 23.3. The van der Waals surface area contributed by atoms with E-state index in [1.165, 1.54) is 35.9 Å². The third kappa shape index (κ3) is 5.03. The van der Waals surface area contributed by atoms with Gasteiger partial charge in [-0.3, -0.25) is 10.1 Å². The molecule has 0 bridgehead atoms. The summed E-state index contributed by atoms with van der Waals surface area (Å²) in [6.45, 7) is 0. The molecule has 14 heteroatoms. The van der Waals surface area contributed by atoms with Crippen LogP contribution in [0.4, 0.5) is 24.0 Å². The number of carbonyl (C=O) groups is 1. The van der Waals surface area contributed by atoms with Crippen molar-refractivity contribution < 1.29 is 23.1 Å². The molecule has 3 N–H and O–H groups in total. The van der Waals surface area contributed by atoms with E-state index in [0.29, 0.717) is 22.0 Å². The lowest BCUT2D eigenvalue weighted by atomic mass is 10.0. The van der Waals surface area contributed by atoms with Gasteiger partial charge in [-0.2, -0.15) is 18.3 Å². The molecule has 2 aromatic carbocycles. The van der Waals surface area contributed by atoms with Crippen LogP contribution in [0.25, 0.3) is 16.6 Å². The second kappa shape index (κ2) is 10.2. The number of fused-ring (bicyclic) bond motifs is 1. The molecule has 38 heavy (non-hydrogen) atoms. The number of rotatable bonds is 6. The van der Waals surface area contributed by atoms with Crippen LogP contribution in [0.3, 0.4) is 0 Å². The van der Waals surface area contributed by atoms with E-state index in [2.05, 4.69) is 25.7 Å². The first-order valence-corrected chi connectivity index (χ1v) is 12.4. The average Bonchev–Trinajstić information content (AvgIpc) is 3.56. The second-order valence-electron chi connectivity index (χ2n) is 7.85. The van der Waals surface area contributed by atoms with Gasteiger partial charge in [0.2, 0.25) is 0 Å². The third-order valence-corrected chi connectivity index (χ3v) is 6.79. The first kappa shape index (κ1) is 25.9. The molecule has 0 aliphatic heterocycles. The van der Waals surface area contributed by atoms with Gasteiger partial charge in [-0.25, -0.2) is 14.6 Å². The van der Waals surface area contributed by atoms with Crippen LogP contribution in [0.1, 0.15) is 28.0 Å². The van der Waals surface area contributed by atoms with E-state index >= 15 is 0 Å². The van der Waals surface area contributed by atoms with Crippen LogP contribution < -0.4 is 10.6 Å². The van der Waals surface area contributed by atoms with Crippen molar-refractivity contribution in [2.45, 2.75) is 12.4 Å². The van der Waals surface area contributed by atoms with Gasteiger partial charge in [0.05, 0.1) is 27.0 Å². The van der Waals surface area contributed by atoms with E-state index in [-0.39, 0.29) is 32.8 Å². The van der Waals surface area contributed by atoms with E-state index < -0.39 is 24.0 Å². The normalized spacial score (nSPS) is 12.5. The van der Waals surface area contributed by atoms with Gasteiger partial charge in [-0.15, -0.1) is 11.3 Å². The summed E-state index contributed by atoms with van der Waals surface area (Å²) < 4.78 is 41.5. The van der Waals surface area contributed by atoms with E-state index in [4.69, 9.17) is 23.2 Å². The van der Waals surface area contributed by atoms with Crippen LogP contribution in [0, 0.1) is 0 Å². The molecule has 0 saturated carbocycles. The van der Waals surface area contributed by atoms with Gasteiger partial charge < -0.3 is 10.4 Å². The summed E-state index contributed by atoms with van der Waals surface area (Å²) in [5.41, 5.74) is -1.60. The molecule has 0 spiro atoms. The zero-order valence-electron chi connectivity index (χ0n) is 18.9. The zero-order chi connectivity index (χ0) is 27.0. The predicted molar refractivity (Wildman–Crippen MR) is 139 cm³/mol. The standard InChI is InChI=1S/C24H15Cl2F3N6O2S/c25-15-6-3-7-30-20(15)35-16(11-17(34-35)24(27,28)29)22(37)32-19-14(21(36)33-23-31-8-9-38-23)10-12-4-1-2-5-13(12)18(19)26/h1-11,22,32,37H,(H,31,33,36). The molecule has 0 aliphatic rings. The quantitative estimate of drug-likeness (QED) is 0.197. The molecular formula is C24H15Cl2F3N6O2S. The molecule has 0 saturated heterocycles. The van der Waals surface area contributed by atoms with Crippen LogP contribution in [-0.2, 0) is 6.18 Å². The lowest BCUT2D eigenvalue weighted by molar-refractivity contribution is -0.141. The van der Waals surface area contributed by atoms with Gasteiger partial charge in [-0.05, 0) is 29.7 Å².